The molecular formula is C27H40N8O2. The second kappa shape index (κ2) is 10.6. The Labute approximate surface area is 219 Å². The topological polar surface area (TPSA) is 103 Å². The van der Waals surface area contributed by atoms with Crippen molar-refractivity contribution in [2.45, 2.75) is 88.9 Å². The van der Waals surface area contributed by atoms with Gasteiger partial charge in [0, 0.05) is 62.7 Å². The van der Waals surface area contributed by atoms with E-state index < -0.39 is 0 Å². The molecule has 4 saturated heterocycles. The molecule has 0 spiro atoms. The summed E-state index contributed by atoms with van der Waals surface area (Å²) in [5.74, 6) is 2.53. The lowest BCUT2D eigenvalue weighted by Crippen LogP contribution is -2.58. The Hall–Kier alpha value is -2.72. The molecule has 6 rings (SSSR count). The number of aromatic nitrogens is 4. The van der Waals surface area contributed by atoms with E-state index >= 15 is 0 Å². The minimum Gasteiger partial charge on any atom is -0.372 e. The SMILES string of the molecule is Cc1cc(Nc2cc(C3CCCO3)nc(N(C)C3C[C@H]4CCC[C@@H](C3)N4CC(=O)N3CCCC3)n2)n[nH]1. The highest BCUT2D eigenvalue weighted by Crippen LogP contribution is 2.37. The van der Waals surface area contributed by atoms with Gasteiger partial charge in [-0.3, -0.25) is 14.8 Å². The maximum absolute atomic E-state index is 13.0. The molecule has 10 heteroatoms. The summed E-state index contributed by atoms with van der Waals surface area (Å²) in [4.78, 5) is 29.7. The molecule has 2 unspecified atom stereocenters. The summed E-state index contributed by atoms with van der Waals surface area (Å²) < 4.78 is 5.98. The number of nitrogens with zero attached hydrogens (tertiary/aromatic N) is 6. The molecule has 2 N–H and O–H groups in total. The molecule has 0 saturated carbocycles. The van der Waals surface area contributed by atoms with Crippen molar-refractivity contribution in [2.24, 2.45) is 0 Å². The summed E-state index contributed by atoms with van der Waals surface area (Å²) in [6.45, 7) is 5.20. The number of hydrogen-bond donors (Lipinski definition) is 2. The van der Waals surface area contributed by atoms with Crippen molar-refractivity contribution in [1.29, 1.82) is 0 Å². The Balaban J connectivity index is 1.20. The van der Waals surface area contributed by atoms with E-state index in [1.165, 1.54) is 6.42 Å². The van der Waals surface area contributed by atoms with Crippen LogP contribution in [0.1, 0.15) is 75.3 Å². The van der Waals surface area contributed by atoms with Crippen molar-refractivity contribution >= 4 is 23.5 Å². The first-order valence-electron chi connectivity index (χ1n) is 14.1. The molecule has 0 aromatic carbocycles. The van der Waals surface area contributed by atoms with Crippen LogP contribution in [0, 0.1) is 6.92 Å². The number of carbonyl (C=O) groups excluding carboxylic acids is 1. The molecule has 37 heavy (non-hydrogen) atoms. The average Bonchev–Trinajstić information content (AvgIpc) is 3.67. The van der Waals surface area contributed by atoms with Crippen molar-refractivity contribution in [1.82, 2.24) is 30.0 Å². The Kier molecular flexibility index (Phi) is 7.03. The first kappa shape index (κ1) is 24.6. The van der Waals surface area contributed by atoms with E-state index in [-0.39, 0.29) is 6.10 Å². The van der Waals surface area contributed by atoms with Gasteiger partial charge >= 0.3 is 0 Å². The van der Waals surface area contributed by atoms with E-state index in [1.807, 2.05) is 19.1 Å². The molecule has 2 aromatic heterocycles. The van der Waals surface area contributed by atoms with E-state index in [2.05, 4.69) is 37.3 Å². The highest BCUT2D eigenvalue weighted by molar-refractivity contribution is 5.78. The van der Waals surface area contributed by atoms with E-state index in [0.29, 0.717) is 30.6 Å². The molecule has 0 aliphatic carbocycles. The monoisotopic (exact) mass is 508 g/mol. The third-order valence-corrected chi connectivity index (χ3v) is 8.70. The van der Waals surface area contributed by atoms with Crippen LogP contribution in [-0.2, 0) is 9.53 Å². The van der Waals surface area contributed by atoms with Gasteiger partial charge in [0.15, 0.2) is 5.82 Å². The third-order valence-electron chi connectivity index (χ3n) is 8.70. The molecule has 4 aliphatic rings. The van der Waals surface area contributed by atoms with Crippen molar-refractivity contribution in [3.63, 3.8) is 0 Å². The molecule has 4 fully saturated rings. The van der Waals surface area contributed by atoms with Gasteiger partial charge in [-0.2, -0.15) is 10.1 Å². The van der Waals surface area contributed by atoms with Gasteiger partial charge in [-0.1, -0.05) is 6.42 Å². The fraction of sp³-hybridized carbons (Fsp3) is 0.704. The molecular weight excluding hydrogens is 468 g/mol. The fourth-order valence-corrected chi connectivity index (χ4v) is 6.67. The minimum absolute atomic E-state index is 0.00875. The van der Waals surface area contributed by atoms with Crippen LogP contribution in [0.5, 0.6) is 0 Å². The number of amides is 1. The predicted molar refractivity (Wildman–Crippen MR) is 142 cm³/mol. The van der Waals surface area contributed by atoms with Gasteiger partial charge in [-0.15, -0.1) is 0 Å². The number of likely N-dealkylation sites (tertiary alicyclic amines) is 1. The maximum Gasteiger partial charge on any atom is 0.236 e. The number of ether oxygens (including phenoxy) is 1. The molecule has 200 valence electrons. The number of aromatic amines is 1. The van der Waals surface area contributed by atoms with Gasteiger partial charge in [0.2, 0.25) is 11.9 Å². The standard InChI is InChI=1S/C27H40N8O2/c1-18-13-25(32-31-18)29-24-16-22(23-9-6-12-37-23)28-27(30-24)33(2)21-14-19-7-5-8-20(15-21)35(19)17-26(36)34-10-3-4-11-34/h13,16,19-21,23H,3-12,14-15,17H2,1-2H3,(H2,28,29,30,31,32)/t19-,20+,21?,23?. The van der Waals surface area contributed by atoms with Crippen LogP contribution in [0.4, 0.5) is 17.6 Å². The van der Waals surface area contributed by atoms with Gasteiger partial charge in [0.05, 0.1) is 18.3 Å². The van der Waals surface area contributed by atoms with Crippen molar-refractivity contribution in [2.75, 3.05) is 43.5 Å². The van der Waals surface area contributed by atoms with Crippen molar-refractivity contribution in [3.8, 4) is 0 Å². The lowest BCUT2D eigenvalue weighted by molar-refractivity contribution is -0.134. The molecule has 4 atom stereocenters. The predicted octanol–water partition coefficient (Wildman–Crippen LogP) is 3.55. The van der Waals surface area contributed by atoms with Crippen LogP contribution in [0.3, 0.4) is 0 Å². The Morgan fingerprint density at radius 1 is 1.08 bits per heavy atom. The first-order chi connectivity index (χ1) is 18.0. The highest BCUT2D eigenvalue weighted by atomic mass is 16.5. The summed E-state index contributed by atoms with van der Waals surface area (Å²) >= 11 is 0. The zero-order valence-electron chi connectivity index (χ0n) is 22.2. The van der Waals surface area contributed by atoms with Crippen molar-refractivity contribution < 1.29 is 9.53 Å². The molecule has 2 bridgehead atoms. The fourth-order valence-electron chi connectivity index (χ4n) is 6.67. The minimum atomic E-state index is 0.00875. The Morgan fingerprint density at radius 2 is 1.86 bits per heavy atom. The van der Waals surface area contributed by atoms with Gasteiger partial charge in [-0.25, -0.2) is 4.98 Å². The second-order valence-corrected chi connectivity index (χ2v) is 11.3. The number of H-pyrrole nitrogens is 1. The van der Waals surface area contributed by atoms with Crippen LogP contribution in [-0.4, -0.2) is 87.3 Å². The number of carbonyl (C=O) groups is 1. The number of aryl methyl sites for hydroxylation is 1. The van der Waals surface area contributed by atoms with Crippen LogP contribution in [0.2, 0.25) is 0 Å². The second-order valence-electron chi connectivity index (χ2n) is 11.3. The van der Waals surface area contributed by atoms with Crippen molar-refractivity contribution in [3.05, 3.63) is 23.5 Å². The van der Waals surface area contributed by atoms with Crippen LogP contribution < -0.4 is 10.2 Å². The lowest BCUT2D eigenvalue weighted by Gasteiger charge is -2.50. The van der Waals surface area contributed by atoms with Crippen LogP contribution in [0.15, 0.2) is 12.1 Å². The number of anilines is 3. The summed E-state index contributed by atoms with van der Waals surface area (Å²) in [7, 11) is 2.13. The zero-order chi connectivity index (χ0) is 25.4. The van der Waals surface area contributed by atoms with E-state index in [1.54, 1.807) is 0 Å². The van der Waals surface area contributed by atoms with Gasteiger partial charge < -0.3 is 19.9 Å². The Morgan fingerprint density at radius 3 is 2.54 bits per heavy atom. The summed E-state index contributed by atoms with van der Waals surface area (Å²) in [5, 5.41) is 10.7. The molecule has 4 aliphatic heterocycles. The van der Waals surface area contributed by atoms with Gasteiger partial charge in [0.25, 0.3) is 0 Å². The maximum atomic E-state index is 13.0. The largest absolute Gasteiger partial charge is 0.372 e. The summed E-state index contributed by atoms with van der Waals surface area (Å²) in [6.07, 6.45) is 9.99. The lowest BCUT2D eigenvalue weighted by atomic mass is 9.81. The molecule has 10 nitrogen and oxygen atoms in total. The molecule has 2 aromatic rings. The number of nitrogens with one attached hydrogen (secondary N) is 2. The number of rotatable bonds is 7. The number of hydrogen-bond acceptors (Lipinski definition) is 8. The van der Waals surface area contributed by atoms with Crippen LogP contribution in [0.25, 0.3) is 0 Å². The Bertz CT molecular complexity index is 1080. The average molecular weight is 509 g/mol. The normalized spacial score (nSPS) is 28.0. The molecule has 6 heterocycles. The smallest absolute Gasteiger partial charge is 0.236 e. The summed E-state index contributed by atoms with van der Waals surface area (Å²) in [6, 6.07) is 5.19. The number of piperidine rings is 2. The van der Waals surface area contributed by atoms with E-state index in [0.717, 1.165) is 100 Å². The number of fused-ring (bicyclic) bond motifs is 2. The summed E-state index contributed by atoms with van der Waals surface area (Å²) in [5.41, 5.74) is 1.92. The quantitative estimate of drug-likeness (QED) is 0.586. The third kappa shape index (κ3) is 5.31. The van der Waals surface area contributed by atoms with E-state index in [9.17, 15) is 4.79 Å². The van der Waals surface area contributed by atoms with Gasteiger partial charge in [-0.05, 0) is 58.3 Å². The van der Waals surface area contributed by atoms with E-state index in [4.69, 9.17) is 14.7 Å². The first-order valence-corrected chi connectivity index (χ1v) is 14.1. The van der Waals surface area contributed by atoms with Gasteiger partial charge in [0.1, 0.15) is 5.82 Å². The van der Waals surface area contributed by atoms with Crippen LogP contribution >= 0.6 is 0 Å². The highest BCUT2D eigenvalue weighted by Gasteiger charge is 2.41. The molecule has 0 radical (unpaired) electrons. The molecule has 1 amide bonds. The zero-order valence-corrected chi connectivity index (χ0v) is 22.2.